The van der Waals surface area contributed by atoms with E-state index in [0.717, 1.165) is 4.90 Å². The molecular weight excluding hydrogens is 302 g/mol. The first-order chi connectivity index (χ1) is 9.54. The van der Waals surface area contributed by atoms with Crippen LogP contribution in [0.3, 0.4) is 0 Å². The minimum Gasteiger partial charge on any atom is -0.392 e. The monoisotopic (exact) mass is 314 g/mol. The molecular formula is C15H13ClF2OS. The van der Waals surface area contributed by atoms with Crippen LogP contribution in [0.1, 0.15) is 5.56 Å². The van der Waals surface area contributed by atoms with Gasteiger partial charge in [-0.1, -0.05) is 11.6 Å². The molecule has 0 spiro atoms. The summed E-state index contributed by atoms with van der Waals surface area (Å²) in [5, 5.41) is 10.4. The SMILES string of the molecule is OC(CSc1ccc(F)cc1)Cc1cc(F)ccc1Cl. The predicted octanol–water partition coefficient (Wildman–Crippen LogP) is 4.31. The Morgan fingerprint density at radius 3 is 2.40 bits per heavy atom. The van der Waals surface area contributed by atoms with E-state index in [4.69, 9.17) is 11.6 Å². The van der Waals surface area contributed by atoms with E-state index in [2.05, 4.69) is 0 Å². The summed E-state index contributed by atoms with van der Waals surface area (Å²) in [6.45, 7) is 0. The Labute approximate surface area is 125 Å². The molecule has 0 heterocycles. The van der Waals surface area contributed by atoms with Crippen molar-refractivity contribution < 1.29 is 13.9 Å². The summed E-state index contributed by atoms with van der Waals surface area (Å²) >= 11 is 7.36. The van der Waals surface area contributed by atoms with Gasteiger partial charge in [0, 0.05) is 22.1 Å². The molecule has 0 bridgehead atoms. The van der Waals surface area contributed by atoms with Gasteiger partial charge in [0.15, 0.2) is 0 Å². The second kappa shape index (κ2) is 7.07. The average Bonchev–Trinajstić information content (AvgIpc) is 2.42. The Hall–Kier alpha value is -1.10. The van der Waals surface area contributed by atoms with Crippen molar-refractivity contribution in [3.63, 3.8) is 0 Å². The van der Waals surface area contributed by atoms with E-state index in [0.29, 0.717) is 16.3 Å². The molecule has 0 aliphatic rings. The van der Waals surface area contributed by atoms with Gasteiger partial charge in [0.2, 0.25) is 0 Å². The molecule has 0 aromatic heterocycles. The summed E-state index contributed by atoms with van der Waals surface area (Å²) in [5.74, 6) is -0.234. The molecule has 5 heteroatoms. The van der Waals surface area contributed by atoms with Gasteiger partial charge in [0.05, 0.1) is 6.10 Å². The van der Waals surface area contributed by atoms with E-state index in [1.165, 1.54) is 42.1 Å². The van der Waals surface area contributed by atoms with E-state index in [-0.39, 0.29) is 18.1 Å². The van der Waals surface area contributed by atoms with Gasteiger partial charge < -0.3 is 5.11 Å². The molecule has 106 valence electrons. The molecule has 1 nitrogen and oxygen atoms in total. The van der Waals surface area contributed by atoms with E-state index in [1.807, 2.05) is 0 Å². The lowest BCUT2D eigenvalue weighted by Crippen LogP contribution is -2.14. The molecule has 1 N–H and O–H groups in total. The van der Waals surface area contributed by atoms with Crippen LogP contribution < -0.4 is 0 Å². The van der Waals surface area contributed by atoms with E-state index < -0.39 is 6.10 Å². The van der Waals surface area contributed by atoms with Crippen LogP contribution in [0.5, 0.6) is 0 Å². The standard InChI is InChI=1S/C15H13ClF2OS/c16-15-6-3-12(18)7-10(15)8-13(19)9-20-14-4-1-11(17)2-5-14/h1-7,13,19H,8-9H2. The third-order valence-electron chi connectivity index (χ3n) is 2.72. The summed E-state index contributed by atoms with van der Waals surface area (Å²) in [4.78, 5) is 0.871. The zero-order chi connectivity index (χ0) is 14.5. The second-order valence-electron chi connectivity index (χ2n) is 4.36. The largest absolute Gasteiger partial charge is 0.392 e. The Balaban J connectivity index is 1.90. The minimum absolute atomic E-state index is 0.283. The van der Waals surface area contributed by atoms with Crippen molar-refractivity contribution in [2.24, 2.45) is 0 Å². The van der Waals surface area contributed by atoms with Crippen LogP contribution in [0.15, 0.2) is 47.4 Å². The Morgan fingerprint density at radius 1 is 1.05 bits per heavy atom. The van der Waals surface area contributed by atoms with E-state index >= 15 is 0 Å². The van der Waals surface area contributed by atoms with Gasteiger partial charge in [-0.3, -0.25) is 0 Å². The number of halogens is 3. The van der Waals surface area contributed by atoms with Crippen molar-refractivity contribution in [3.8, 4) is 0 Å². The smallest absolute Gasteiger partial charge is 0.123 e. The van der Waals surface area contributed by atoms with Crippen molar-refractivity contribution in [2.75, 3.05) is 5.75 Å². The molecule has 2 aromatic rings. The first kappa shape index (κ1) is 15.3. The third kappa shape index (κ3) is 4.47. The molecule has 0 aliphatic heterocycles. The Kier molecular flexibility index (Phi) is 5.40. The molecule has 1 atom stereocenters. The number of hydrogen-bond acceptors (Lipinski definition) is 2. The minimum atomic E-state index is -0.649. The molecule has 0 fully saturated rings. The maximum Gasteiger partial charge on any atom is 0.123 e. The molecule has 0 aliphatic carbocycles. The maximum absolute atomic E-state index is 13.1. The molecule has 0 amide bonds. The Morgan fingerprint density at radius 2 is 1.70 bits per heavy atom. The summed E-state index contributed by atoms with van der Waals surface area (Å²) in [6.07, 6.45) is -0.366. The van der Waals surface area contributed by atoms with Gasteiger partial charge in [-0.05, 0) is 48.0 Å². The lowest BCUT2D eigenvalue weighted by molar-refractivity contribution is 0.200. The number of aliphatic hydroxyl groups is 1. The van der Waals surface area contributed by atoms with Gasteiger partial charge in [0.25, 0.3) is 0 Å². The zero-order valence-electron chi connectivity index (χ0n) is 10.5. The van der Waals surface area contributed by atoms with Crippen molar-refractivity contribution in [1.29, 1.82) is 0 Å². The molecule has 0 saturated carbocycles. The molecule has 0 radical (unpaired) electrons. The highest BCUT2D eigenvalue weighted by Gasteiger charge is 2.10. The Bertz CT molecular complexity index is 575. The van der Waals surface area contributed by atoms with E-state index in [9.17, 15) is 13.9 Å². The van der Waals surface area contributed by atoms with Gasteiger partial charge in [-0.15, -0.1) is 11.8 Å². The molecule has 1 unspecified atom stereocenters. The lowest BCUT2D eigenvalue weighted by Gasteiger charge is -2.11. The number of thioether (sulfide) groups is 1. The van der Waals surface area contributed by atoms with Gasteiger partial charge >= 0.3 is 0 Å². The van der Waals surface area contributed by atoms with Gasteiger partial charge in [-0.25, -0.2) is 8.78 Å². The van der Waals surface area contributed by atoms with Crippen LogP contribution >= 0.6 is 23.4 Å². The summed E-state index contributed by atoms with van der Waals surface area (Å²) in [7, 11) is 0. The molecule has 0 saturated heterocycles. The van der Waals surface area contributed by atoms with Gasteiger partial charge in [0.1, 0.15) is 11.6 Å². The third-order valence-corrected chi connectivity index (χ3v) is 4.24. The zero-order valence-corrected chi connectivity index (χ0v) is 12.1. The highest BCUT2D eigenvalue weighted by atomic mass is 35.5. The van der Waals surface area contributed by atoms with Crippen molar-refractivity contribution in [3.05, 3.63) is 64.7 Å². The fraction of sp³-hybridized carbons (Fsp3) is 0.200. The first-order valence-corrected chi connectivity index (χ1v) is 7.41. The molecule has 20 heavy (non-hydrogen) atoms. The van der Waals surface area contributed by atoms with Crippen LogP contribution in [0.25, 0.3) is 0 Å². The first-order valence-electron chi connectivity index (χ1n) is 6.05. The van der Waals surface area contributed by atoms with Crippen molar-refractivity contribution in [1.82, 2.24) is 0 Å². The maximum atomic E-state index is 13.1. The van der Waals surface area contributed by atoms with Crippen LogP contribution in [0.2, 0.25) is 5.02 Å². The van der Waals surface area contributed by atoms with Gasteiger partial charge in [-0.2, -0.15) is 0 Å². The normalized spacial score (nSPS) is 12.4. The fourth-order valence-electron chi connectivity index (χ4n) is 1.74. The fourth-order valence-corrected chi connectivity index (χ4v) is 2.76. The number of hydrogen-bond donors (Lipinski definition) is 1. The van der Waals surface area contributed by atoms with Crippen molar-refractivity contribution >= 4 is 23.4 Å². The van der Waals surface area contributed by atoms with Crippen LogP contribution in [-0.2, 0) is 6.42 Å². The molecule has 2 rings (SSSR count). The molecule has 2 aromatic carbocycles. The van der Waals surface area contributed by atoms with Crippen LogP contribution in [0, 0.1) is 11.6 Å². The highest BCUT2D eigenvalue weighted by Crippen LogP contribution is 2.23. The quantitative estimate of drug-likeness (QED) is 0.830. The average molecular weight is 315 g/mol. The second-order valence-corrected chi connectivity index (χ2v) is 5.86. The summed E-state index contributed by atoms with van der Waals surface area (Å²) < 4.78 is 25.9. The van der Waals surface area contributed by atoms with Crippen molar-refractivity contribution in [2.45, 2.75) is 17.4 Å². The highest BCUT2D eigenvalue weighted by molar-refractivity contribution is 7.99. The van der Waals surface area contributed by atoms with Crippen LogP contribution in [0.4, 0.5) is 8.78 Å². The van der Waals surface area contributed by atoms with Crippen LogP contribution in [-0.4, -0.2) is 17.0 Å². The number of aliphatic hydroxyl groups excluding tert-OH is 1. The topological polar surface area (TPSA) is 20.2 Å². The van der Waals surface area contributed by atoms with E-state index in [1.54, 1.807) is 12.1 Å². The number of rotatable bonds is 5. The predicted molar refractivity (Wildman–Crippen MR) is 78.2 cm³/mol. The lowest BCUT2D eigenvalue weighted by atomic mass is 10.1. The number of benzene rings is 2. The summed E-state index contributed by atoms with van der Waals surface area (Å²) in [5.41, 5.74) is 0.582. The summed E-state index contributed by atoms with van der Waals surface area (Å²) in [6, 6.07) is 10.1.